The van der Waals surface area contributed by atoms with Gasteiger partial charge in [-0.2, -0.15) is 13.2 Å². The fourth-order valence-electron chi connectivity index (χ4n) is 2.33. The standard InChI is InChI=1S/C17H17F3O/c1-21-15-9-5-8-14(12-15)16(17(18,19)20)11-10-13-6-3-2-4-7-13/h2-9,12,16H,10-11H2,1H3. The van der Waals surface area contributed by atoms with Crippen LogP contribution in [0.5, 0.6) is 5.75 Å². The van der Waals surface area contributed by atoms with Gasteiger partial charge >= 0.3 is 6.18 Å². The minimum absolute atomic E-state index is 0.0285. The largest absolute Gasteiger partial charge is 0.497 e. The van der Waals surface area contributed by atoms with Gasteiger partial charge in [-0.15, -0.1) is 0 Å². The predicted octanol–water partition coefficient (Wildman–Crippen LogP) is 4.97. The molecule has 0 N–H and O–H groups in total. The Morgan fingerprint density at radius 1 is 1.00 bits per heavy atom. The second-order valence-electron chi connectivity index (χ2n) is 4.90. The van der Waals surface area contributed by atoms with Crippen LogP contribution in [0.3, 0.4) is 0 Å². The third-order valence-corrected chi connectivity index (χ3v) is 3.46. The number of hydrogen-bond acceptors (Lipinski definition) is 1. The van der Waals surface area contributed by atoms with E-state index in [9.17, 15) is 13.2 Å². The number of benzene rings is 2. The summed E-state index contributed by atoms with van der Waals surface area (Å²) in [4.78, 5) is 0. The third kappa shape index (κ3) is 4.25. The Kier molecular flexibility index (Phi) is 4.89. The van der Waals surface area contributed by atoms with Crippen LogP contribution in [0.15, 0.2) is 54.6 Å². The van der Waals surface area contributed by atoms with Gasteiger partial charge in [0.1, 0.15) is 5.75 Å². The Morgan fingerprint density at radius 3 is 2.33 bits per heavy atom. The number of ether oxygens (including phenoxy) is 1. The van der Waals surface area contributed by atoms with E-state index in [4.69, 9.17) is 4.74 Å². The Labute approximate surface area is 122 Å². The van der Waals surface area contributed by atoms with Crippen molar-refractivity contribution < 1.29 is 17.9 Å². The maximum atomic E-state index is 13.3. The molecule has 1 unspecified atom stereocenters. The quantitative estimate of drug-likeness (QED) is 0.756. The van der Waals surface area contributed by atoms with Crippen LogP contribution in [0.4, 0.5) is 13.2 Å². The Balaban J connectivity index is 2.18. The zero-order chi connectivity index (χ0) is 15.3. The molecule has 0 amide bonds. The average molecular weight is 294 g/mol. The van der Waals surface area contributed by atoms with Gasteiger partial charge in [-0.25, -0.2) is 0 Å². The van der Waals surface area contributed by atoms with E-state index in [1.54, 1.807) is 12.1 Å². The highest BCUT2D eigenvalue weighted by Gasteiger charge is 2.40. The van der Waals surface area contributed by atoms with E-state index < -0.39 is 12.1 Å². The zero-order valence-corrected chi connectivity index (χ0v) is 11.7. The number of rotatable bonds is 5. The van der Waals surface area contributed by atoms with Gasteiger partial charge in [0.15, 0.2) is 0 Å². The second kappa shape index (κ2) is 6.66. The molecule has 0 saturated carbocycles. The summed E-state index contributed by atoms with van der Waals surface area (Å²) in [7, 11) is 1.45. The summed E-state index contributed by atoms with van der Waals surface area (Å²) in [5, 5.41) is 0. The first-order valence-electron chi connectivity index (χ1n) is 6.75. The van der Waals surface area contributed by atoms with Crippen molar-refractivity contribution in [2.24, 2.45) is 0 Å². The molecule has 2 rings (SSSR count). The Morgan fingerprint density at radius 2 is 1.71 bits per heavy atom. The van der Waals surface area contributed by atoms with E-state index in [1.165, 1.54) is 19.2 Å². The molecule has 4 heteroatoms. The van der Waals surface area contributed by atoms with E-state index in [1.807, 2.05) is 30.3 Å². The molecule has 21 heavy (non-hydrogen) atoms. The maximum Gasteiger partial charge on any atom is 0.395 e. The van der Waals surface area contributed by atoms with E-state index in [0.717, 1.165) is 5.56 Å². The van der Waals surface area contributed by atoms with Crippen LogP contribution >= 0.6 is 0 Å². The lowest BCUT2D eigenvalue weighted by molar-refractivity contribution is -0.151. The van der Waals surface area contributed by atoms with Crippen LogP contribution in [0.25, 0.3) is 0 Å². The molecule has 0 bridgehead atoms. The topological polar surface area (TPSA) is 9.23 Å². The molecule has 0 aromatic heterocycles. The number of methoxy groups -OCH3 is 1. The molecule has 0 aliphatic carbocycles. The molecular weight excluding hydrogens is 277 g/mol. The van der Waals surface area contributed by atoms with E-state index in [2.05, 4.69) is 0 Å². The summed E-state index contributed by atoms with van der Waals surface area (Å²) in [6.45, 7) is 0. The predicted molar refractivity (Wildman–Crippen MR) is 76.6 cm³/mol. The normalized spacial score (nSPS) is 13.0. The molecule has 112 valence electrons. The van der Waals surface area contributed by atoms with Gasteiger partial charge in [-0.3, -0.25) is 0 Å². The van der Waals surface area contributed by atoms with Crippen molar-refractivity contribution in [2.75, 3.05) is 7.11 Å². The number of halogens is 3. The first kappa shape index (κ1) is 15.4. The van der Waals surface area contributed by atoms with Crippen LogP contribution in [0, 0.1) is 0 Å². The van der Waals surface area contributed by atoms with Gasteiger partial charge in [-0.05, 0) is 36.1 Å². The van der Waals surface area contributed by atoms with Crippen molar-refractivity contribution in [3.8, 4) is 5.75 Å². The molecule has 0 saturated heterocycles. The third-order valence-electron chi connectivity index (χ3n) is 3.46. The van der Waals surface area contributed by atoms with Crippen molar-refractivity contribution in [3.05, 3.63) is 65.7 Å². The van der Waals surface area contributed by atoms with Crippen molar-refractivity contribution in [2.45, 2.75) is 24.9 Å². The summed E-state index contributed by atoms with van der Waals surface area (Å²) in [6.07, 6.45) is -3.84. The van der Waals surface area contributed by atoms with Crippen LogP contribution in [-0.4, -0.2) is 13.3 Å². The first-order chi connectivity index (χ1) is 10.0. The molecule has 0 radical (unpaired) electrons. The number of aryl methyl sites for hydroxylation is 1. The highest BCUT2D eigenvalue weighted by atomic mass is 19.4. The summed E-state index contributed by atoms with van der Waals surface area (Å²) in [5.41, 5.74) is 1.16. The van der Waals surface area contributed by atoms with Crippen LogP contribution in [0.2, 0.25) is 0 Å². The molecule has 0 aliphatic rings. The molecule has 2 aromatic rings. The summed E-state index contributed by atoms with van der Waals surface area (Å²) >= 11 is 0. The fraction of sp³-hybridized carbons (Fsp3) is 0.294. The average Bonchev–Trinajstić information content (AvgIpc) is 2.47. The van der Waals surface area contributed by atoms with Crippen LogP contribution in [0.1, 0.15) is 23.5 Å². The van der Waals surface area contributed by atoms with E-state index in [-0.39, 0.29) is 12.0 Å². The molecule has 0 fully saturated rings. The summed E-state index contributed by atoms with van der Waals surface area (Å²) < 4.78 is 44.9. The maximum absolute atomic E-state index is 13.3. The second-order valence-corrected chi connectivity index (χ2v) is 4.90. The van der Waals surface area contributed by atoms with Gasteiger partial charge in [0.05, 0.1) is 13.0 Å². The van der Waals surface area contributed by atoms with Crippen LogP contribution < -0.4 is 4.74 Å². The van der Waals surface area contributed by atoms with Crippen molar-refractivity contribution in [3.63, 3.8) is 0 Å². The highest BCUT2D eigenvalue weighted by molar-refractivity contribution is 5.32. The summed E-state index contributed by atoms with van der Waals surface area (Å²) in [5.74, 6) is -1.03. The lowest BCUT2D eigenvalue weighted by Gasteiger charge is -2.21. The molecule has 1 atom stereocenters. The molecule has 1 nitrogen and oxygen atoms in total. The van der Waals surface area contributed by atoms with E-state index >= 15 is 0 Å². The fourth-order valence-corrected chi connectivity index (χ4v) is 2.33. The molecular formula is C17H17F3O. The van der Waals surface area contributed by atoms with Gasteiger partial charge < -0.3 is 4.74 Å². The van der Waals surface area contributed by atoms with Crippen LogP contribution in [-0.2, 0) is 6.42 Å². The van der Waals surface area contributed by atoms with Gasteiger partial charge in [0.25, 0.3) is 0 Å². The zero-order valence-electron chi connectivity index (χ0n) is 11.7. The lowest BCUT2D eigenvalue weighted by Crippen LogP contribution is -2.21. The van der Waals surface area contributed by atoms with Crippen molar-refractivity contribution in [1.29, 1.82) is 0 Å². The summed E-state index contributed by atoms with van der Waals surface area (Å²) in [6, 6.07) is 15.4. The van der Waals surface area contributed by atoms with Gasteiger partial charge in [0.2, 0.25) is 0 Å². The Bertz CT molecular complexity index is 564. The molecule has 0 spiro atoms. The first-order valence-corrected chi connectivity index (χ1v) is 6.75. The number of alkyl halides is 3. The van der Waals surface area contributed by atoms with Gasteiger partial charge in [0, 0.05) is 0 Å². The SMILES string of the molecule is COc1cccc(C(CCc2ccccc2)C(F)(F)F)c1. The molecule has 0 heterocycles. The minimum atomic E-state index is -4.26. The molecule has 0 aliphatic heterocycles. The number of hydrogen-bond donors (Lipinski definition) is 0. The lowest BCUT2D eigenvalue weighted by atomic mass is 9.91. The van der Waals surface area contributed by atoms with E-state index in [0.29, 0.717) is 12.2 Å². The Hall–Kier alpha value is -1.97. The highest BCUT2D eigenvalue weighted by Crippen LogP contribution is 2.39. The smallest absolute Gasteiger partial charge is 0.395 e. The van der Waals surface area contributed by atoms with Crippen molar-refractivity contribution in [1.82, 2.24) is 0 Å². The monoisotopic (exact) mass is 294 g/mol. The molecule has 2 aromatic carbocycles. The minimum Gasteiger partial charge on any atom is -0.497 e. The van der Waals surface area contributed by atoms with Gasteiger partial charge in [-0.1, -0.05) is 42.5 Å². The van der Waals surface area contributed by atoms with Crippen molar-refractivity contribution >= 4 is 0 Å².